The summed E-state index contributed by atoms with van der Waals surface area (Å²) < 4.78 is 0. The molecule has 0 aliphatic carbocycles. The topological polar surface area (TPSA) is 32.7 Å². The third kappa shape index (κ3) is 1.39. The fourth-order valence-corrected chi connectivity index (χ4v) is 2.22. The maximum absolute atomic E-state index is 10.6. The molecule has 3 nitrogen and oxygen atoms in total. The number of nitroso groups, excluding NO2 is 1. The molecular formula is C11H14N2O. The normalized spacial score (nSPS) is 15.1. The van der Waals surface area contributed by atoms with E-state index in [2.05, 4.69) is 24.3 Å². The molecule has 1 aliphatic heterocycles. The molecule has 0 atom stereocenters. The SMILES string of the molecule is Cc1cc(C)c2c(c1)CCCN2N=O. The molecule has 14 heavy (non-hydrogen) atoms. The van der Waals surface area contributed by atoms with Crippen molar-refractivity contribution < 1.29 is 0 Å². The highest BCUT2D eigenvalue weighted by molar-refractivity contribution is 5.61. The standard InChI is InChI=1S/C11H14N2O/c1-8-6-9(2)11-10(7-8)4-3-5-13(11)12-14/h6-7H,3-5H2,1-2H3. The van der Waals surface area contributed by atoms with Crippen LogP contribution in [-0.4, -0.2) is 6.54 Å². The van der Waals surface area contributed by atoms with Gasteiger partial charge in [-0.05, 0) is 37.8 Å². The van der Waals surface area contributed by atoms with Crippen molar-refractivity contribution in [3.05, 3.63) is 33.7 Å². The van der Waals surface area contributed by atoms with Gasteiger partial charge in [0.2, 0.25) is 0 Å². The van der Waals surface area contributed by atoms with Crippen LogP contribution >= 0.6 is 0 Å². The molecule has 1 aromatic rings. The molecule has 0 amide bonds. The van der Waals surface area contributed by atoms with E-state index in [1.165, 1.54) is 11.1 Å². The van der Waals surface area contributed by atoms with Crippen molar-refractivity contribution in [2.75, 3.05) is 11.6 Å². The fourth-order valence-electron chi connectivity index (χ4n) is 2.22. The average molecular weight is 190 g/mol. The van der Waals surface area contributed by atoms with E-state index in [1.54, 1.807) is 5.01 Å². The number of hydrogen-bond donors (Lipinski definition) is 0. The average Bonchev–Trinajstić information content (AvgIpc) is 2.16. The third-order valence-electron chi connectivity index (χ3n) is 2.70. The Kier molecular flexibility index (Phi) is 2.23. The van der Waals surface area contributed by atoms with Gasteiger partial charge in [0.1, 0.15) is 0 Å². The summed E-state index contributed by atoms with van der Waals surface area (Å²) in [6, 6.07) is 4.25. The Hall–Kier alpha value is -1.38. The van der Waals surface area contributed by atoms with Gasteiger partial charge in [-0.3, -0.25) is 0 Å². The van der Waals surface area contributed by atoms with Crippen LogP contribution in [0, 0.1) is 18.8 Å². The second-order valence-electron chi connectivity index (χ2n) is 3.90. The van der Waals surface area contributed by atoms with Gasteiger partial charge in [-0.1, -0.05) is 17.7 Å². The minimum Gasteiger partial charge on any atom is -0.229 e. The van der Waals surface area contributed by atoms with Crippen molar-refractivity contribution >= 4 is 5.69 Å². The zero-order valence-corrected chi connectivity index (χ0v) is 8.58. The summed E-state index contributed by atoms with van der Waals surface area (Å²) in [4.78, 5) is 10.6. The van der Waals surface area contributed by atoms with E-state index >= 15 is 0 Å². The van der Waals surface area contributed by atoms with Crippen LogP contribution < -0.4 is 5.01 Å². The molecule has 0 bridgehead atoms. The molecule has 0 aromatic heterocycles. The summed E-state index contributed by atoms with van der Waals surface area (Å²) in [6.07, 6.45) is 2.07. The number of benzene rings is 1. The monoisotopic (exact) mass is 190 g/mol. The van der Waals surface area contributed by atoms with E-state index in [0.29, 0.717) is 0 Å². The van der Waals surface area contributed by atoms with Crippen LogP contribution in [0.4, 0.5) is 5.69 Å². The lowest BCUT2D eigenvalue weighted by molar-refractivity contribution is 0.708. The second-order valence-corrected chi connectivity index (χ2v) is 3.90. The summed E-state index contributed by atoms with van der Waals surface area (Å²) in [5, 5.41) is 4.64. The highest BCUT2D eigenvalue weighted by atomic mass is 16.3. The highest BCUT2D eigenvalue weighted by Gasteiger charge is 2.19. The third-order valence-corrected chi connectivity index (χ3v) is 2.70. The van der Waals surface area contributed by atoms with Gasteiger partial charge in [0.25, 0.3) is 0 Å². The van der Waals surface area contributed by atoms with Crippen molar-refractivity contribution in [1.82, 2.24) is 0 Å². The van der Waals surface area contributed by atoms with Crippen LogP contribution in [0.1, 0.15) is 23.1 Å². The maximum Gasteiger partial charge on any atom is 0.0687 e. The molecule has 1 heterocycles. The Bertz CT molecular complexity index is 374. The van der Waals surface area contributed by atoms with Crippen molar-refractivity contribution in [2.24, 2.45) is 5.29 Å². The first kappa shape index (κ1) is 9.19. The summed E-state index contributed by atoms with van der Waals surface area (Å²) >= 11 is 0. The zero-order chi connectivity index (χ0) is 10.1. The predicted molar refractivity (Wildman–Crippen MR) is 57.4 cm³/mol. The molecule has 0 saturated carbocycles. The van der Waals surface area contributed by atoms with Crippen LogP contribution in [0.15, 0.2) is 17.4 Å². The van der Waals surface area contributed by atoms with Crippen LogP contribution in [0.3, 0.4) is 0 Å². The first-order valence-corrected chi connectivity index (χ1v) is 4.93. The molecule has 0 radical (unpaired) electrons. The minimum absolute atomic E-state index is 0.750. The van der Waals surface area contributed by atoms with Crippen LogP contribution in [-0.2, 0) is 6.42 Å². The van der Waals surface area contributed by atoms with Gasteiger partial charge < -0.3 is 0 Å². The smallest absolute Gasteiger partial charge is 0.0687 e. The van der Waals surface area contributed by atoms with E-state index in [1.807, 2.05) is 6.92 Å². The number of anilines is 1. The zero-order valence-electron chi connectivity index (χ0n) is 8.58. The van der Waals surface area contributed by atoms with Crippen LogP contribution in [0.25, 0.3) is 0 Å². The number of fused-ring (bicyclic) bond motifs is 1. The van der Waals surface area contributed by atoms with Gasteiger partial charge in [0.15, 0.2) is 0 Å². The van der Waals surface area contributed by atoms with Gasteiger partial charge in [-0.2, -0.15) is 0 Å². The summed E-state index contributed by atoms with van der Waals surface area (Å²) in [6.45, 7) is 4.87. The molecule has 0 saturated heterocycles. The quantitative estimate of drug-likeness (QED) is 0.638. The second kappa shape index (κ2) is 3.40. The molecule has 2 rings (SSSR count). The van der Waals surface area contributed by atoms with Gasteiger partial charge in [-0.15, -0.1) is 4.91 Å². The minimum atomic E-state index is 0.750. The Morgan fingerprint density at radius 2 is 2.14 bits per heavy atom. The summed E-state index contributed by atoms with van der Waals surface area (Å²) in [5.41, 5.74) is 4.69. The Labute approximate surface area is 83.7 Å². The molecule has 74 valence electrons. The van der Waals surface area contributed by atoms with Gasteiger partial charge in [0.05, 0.1) is 11.0 Å². The first-order chi connectivity index (χ1) is 6.72. The molecule has 0 unspecified atom stereocenters. The van der Waals surface area contributed by atoms with Gasteiger partial charge in [0, 0.05) is 6.54 Å². The Balaban J connectivity index is 2.56. The van der Waals surface area contributed by atoms with Crippen molar-refractivity contribution in [3.63, 3.8) is 0 Å². The van der Waals surface area contributed by atoms with E-state index in [0.717, 1.165) is 30.6 Å². The lowest BCUT2D eigenvalue weighted by Crippen LogP contribution is -2.24. The number of nitrogens with zero attached hydrogens (tertiary/aromatic N) is 2. The Morgan fingerprint density at radius 1 is 1.36 bits per heavy atom. The number of aryl methyl sites for hydroxylation is 3. The largest absolute Gasteiger partial charge is 0.229 e. The number of rotatable bonds is 1. The van der Waals surface area contributed by atoms with Crippen molar-refractivity contribution in [2.45, 2.75) is 26.7 Å². The van der Waals surface area contributed by atoms with Gasteiger partial charge >= 0.3 is 0 Å². The highest BCUT2D eigenvalue weighted by Crippen LogP contribution is 2.31. The molecule has 1 aliphatic rings. The molecule has 0 fully saturated rings. The summed E-state index contributed by atoms with van der Waals surface area (Å²) in [7, 11) is 0. The van der Waals surface area contributed by atoms with Crippen molar-refractivity contribution in [3.8, 4) is 0 Å². The van der Waals surface area contributed by atoms with E-state index in [9.17, 15) is 4.91 Å². The first-order valence-electron chi connectivity index (χ1n) is 4.93. The number of hydrogen-bond acceptors (Lipinski definition) is 2. The van der Waals surface area contributed by atoms with Crippen LogP contribution in [0.2, 0.25) is 0 Å². The van der Waals surface area contributed by atoms with E-state index in [4.69, 9.17) is 0 Å². The molecule has 0 spiro atoms. The molecule has 3 heteroatoms. The van der Waals surface area contributed by atoms with Crippen LogP contribution in [0.5, 0.6) is 0 Å². The Morgan fingerprint density at radius 3 is 2.86 bits per heavy atom. The van der Waals surface area contributed by atoms with Gasteiger partial charge in [-0.25, -0.2) is 5.01 Å². The predicted octanol–water partition coefficient (Wildman–Crippen LogP) is 2.74. The van der Waals surface area contributed by atoms with E-state index in [-0.39, 0.29) is 0 Å². The molecule has 0 N–H and O–H groups in total. The summed E-state index contributed by atoms with van der Waals surface area (Å²) in [5.74, 6) is 0. The lowest BCUT2D eigenvalue weighted by atomic mass is 9.97. The molecule has 1 aromatic carbocycles. The molecular weight excluding hydrogens is 176 g/mol. The van der Waals surface area contributed by atoms with Crippen molar-refractivity contribution in [1.29, 1.82) is 0 Å². The van der Waals surface area contributed by atoms with E-state index < -0.39 is 0 Å². The fraction of sp³-hybridized carbons (Fsp3) is 0.455. The maximum atomic E-state index is 10.6. The lowest BCUT2D eigenvalue weighted by Gasteiger charge is -2.26.